The highest BCUT2D eigenvalue weighted by Gasteiger charge is 2.07. The number of benzene rings is 2. The molecule has 7 nitrogen and oxygen atoms in total. The average Bonchev–Trinajstić information content (AvgIpc) is 3.23. The topological polar surface area (TPSA) is 74.6 Å². The quantitative estimate of drug-likeness (QED) is 0.449. The molecule has 1 heterocycles. The van der Waals surface area contributed by atoms with E-state index in [2.05, 4.69) is 26.3 Å². The van der Waals surface area contributed by atoms with Crippen molar-refractivity contribution < 1.29 is 19.0 Å². The summed E-state index contributed by atoms with van der Waals surface area (Å²) in [5.41, 5.74) is 2.53. The van der Waals surface area contributed by atoms with Gasteiger partial charge in [0.05, 0.1) is 33.2 Å². The number of hydrogen-bond acceptors (Lipinski definition) is 5. The molecule has 0 aliphatic heterocycles. The van der Waals surface area contributed by atoms with Gasteiger partial charge < -0.3 is 19.5 Å². The van der Waals surface area contributed by atoms with Crippen LogP contribution in [0.25, 0.3) is 6.08 Å². The Morgan fingerprint density at radius 2 is 1.81 bits per heavy atom. The van der Waals surface area contributed by atoms with Crippen molar-refractivity contribution in [3.63, 3.8) is 0 Å². The molecule has 0 spiro atoms. The van der Waals surface area contributed by atoms with Crippen LogP contribution in [-0.4, -0.2) is 37.0 Å². The molecule has 0 bridgehead atoms. The number of methoxy groups -OCH3 is 3. The van der Waals surface area contributed by atoms with Crippen LogP contribution in [0.5, 0.6) is 17.2 Å². The van der Waals surface area contributed by atoms with E-state index >= 15 is 0 Å². The molecule has 1 amide bonds. The zero-order valence-corrected chi connectivity index (χ0v) is 19.2. The van der Waals surface area contributed by atoms with E-state index in [0.717, 1.165) is 22.0 Å². The normalized spacial score (nSPS) is 10.8. The molecule has 0 aliphatic carbocycles. The molecule has 0 saturated heterocycles. The summed E-state index contributed by atoms with van der Waals surface area (Å²) in [6.45, 7) is 0.663. The maximum absolute atomic E-state index is 12.3. The number of ether oxygens (including phenoxy) is 3. The van der Waals surface area contributed by atoms with Gasteiger partial charge in [-0.05, 0) is 48.4 Å². The highest BCUT2D eigenvalue weighted by molar-refractivity contribution is 9.10. The summed E-state index contributed by atoms with van der Waals surface area (Å²) in [5.74, 6) is 1.84. The van der Waals surface area contributed by atoms with Crippen molar-refractivity contribution in [3.05, 3.63) is 70.5 Å². The molecule has 0 aliphatic rings. The fourth-order valence-corrected chi connectivity index (χ4v) is 3.39. The lowest BCUT2D eigenvalue weighted by atomic mass is 10.1. The van der Waals surface area contributed by atoms with Crippen LogP contribution in [0.2, 0.25) is 0 Å². The third-order valence-electron chi connectivity index (χ3n) is 4.58. The monoisotopic (exact) mass is 485 g/mol. The Balaban J connectivity index is 1.57. The number of carbonyl (C=O) groups is 1. The van der Waals surface area contributed by atoms with Gasteiger partial charge in [0.1, 0.15) is 5.75 Å². The molecule has 162 valence electrons. The fourth-order valence-electron chi connectivity index (χ4n) is 3.02. The SMILES string of the molecule is COc1ccc(Br)cc1/C=C/C(=O)Nc1cnn(CCc2ccc(OC)c(OC)c2)c1. The number of amides is 1. The lowest BCUT2D eigenvalue weighted by molar-refractivity contribution is -0.111. The van der Waals surface area contributed by atoms with Gasteiger partial charge in [-0.1, -0.05) is 22.0 Å². The molecular weight excluding hydrogens is 462 g/mol. The van der Waals surface area contributed by atoms with Crippen molar-refractivity contribution in [1.29, 1.82) is 0 Å². The first-order valence-corrected chi connectivity index (χ1v) is 10.4. The van der Waals surface area contributed by atoms with Crippen molar-refractivity contribution in [2.75, 3.05) is 26.6 Å². The second-order valence-corrected chi connectivity index (χ2v) is 7.56. The Hall–Kier alpha value is -3.26. The van der Waals surface area contributed by atoms with E-state index in [1.165, 1.54) is 6.08 Å². The maximum atomic E-state index is 12.3. The molecule has 0 atom stereocenters. The predicted octanol–water partition coefficient (Wildman–Crippen LogP) is 4.57. The van der Waals surface area contributed by atoms with E-state index in [1.807, 2.05) is 36.4 Å². The van der Waals surface area contributed by atoms with Crippen LogP contribution in [0.4, 0.5) is 5.69 Å². The standard InChI is InChI=1S/C23H24BrN3O4/c1-29-20-8-6-18(24)13-17(20)5-9-23(28)26-19-14-25-27(15-19)11-10-16-4-7-21(30-2)22(12-16)31-3/h4-9,12-15H,10-11H2,1-3H3,(H,26,28)/b9-5+. The van der Waals surface area contributed by atoms with Crippen molar-refractivity contribution in [2.24, 2.45) is 0 Å². The first-order valence-electron chi connectivity index (χ1n) is 9.58. The van der Waals surface area contributed by atoms with Gasteiger partial charge in [0, 0.05) is 28.9 Å². The van der Waals surface area contributed by atoms with E-state index in [0.29, 0.717) is 29.5 Å². The fraction of sp³-hybridized carbons (Fsp3) is 0.217. The van der Waals surface area contributed by atoms with Gasteiger partial charge in [0.25, 0.3) is 0 Å². The van der Waals surface area contributed by atoms with Gasteiger partial charge in [-0.2, -0.15) is 5.10 Å². The molecule has 1 aromatic heterocycles. The molecular formula is C23H24BrN3O4. The lowest BCUT2D eigenvalue weighted by Crippen LogP contribution is -2.07. The minimum Gasteiger partial charge on any atom is -0.496 e. The largest absolute Gasteiger partial charge is 0.496 e. The second-order valence-electron chi connectivity index (χ2n) is 6.64. The number of anilines is 1. The van der Waals surface area contributed by atoms with Crippen LogP contribution in [0.3, 0.4) is 0 Å². The summed E-state index contributed by atoms with van der Waals surface area (Å²) in [6, 6.07) is 11.4. The summed E-state index contributed by atoms with van der Waals surface area (Å²) < 4.78 is 18.6. The smallest absolute Gasteiger partial charge is 0.248 e. The van der Waals surface area contributed by atoms with Crippen LogP contribution < -0.4 is 19.5 Å². The van der Waals surface area contributed by atoms with E-state index in [9.17, 15) is 4.79 Å². The number of nitrogens with zero attached hydrogens (tertiary/aromatic N) is 2. The molecule has 1 N–H and O–H groups in total. The summed E-state index contributed by atoms with van der Waals surface area (Å²) in [6.07, 6.45) is 7.36. The van der Waals surface area contributed by atoms with Gasteiger partial charge in [-0.3, -0.25) is 9.48 Å². The van der Waals surface area contributed by atoms with Crippen molar-refractivity contribution in [3.8, 4) is 17.2 Å². The molecule has 0 radical (unpaired) electrons. The first-order chi connectivity index (χ1) is 15.0. The summed E-state index contributed by atoms with van der Waals surface area (Å²) in [5, 5.41) is 7.13. The van der Waals surface area contributed by atoms with Crippen molar-refractivity contribution >= 4 is 33.6 Å². The minimum atomic E-state index is -0.249. The number of aryl methyl sites for hydroxylation is 2. The molecule has 3 rings (SSSR count). The zero-order chi connectivity index (χ0) is 22.2. The van der Waals surface area contributed by atoms with Crippen LogP contribution in [0.15, 0.2) is 59.3 Å². The molecule has 3 aromatic rings. The van der Waals surface area contributed by atoms with Crippen LogP contribution in [-0.2, 0) is 17.8 Å². The van der Waals surface area contributed by atoms with Gasteiger partial charge in [0.15, 0.2) is 11.5 Å². The third kappa shape index (κ3) is 6.11. The van der Waals surface area contributed by atoms with E-state index in [4.69, 9.17) is 14.2 Å². The molecule has 0 fully saturated rings. The Morgan fingerprint density at radius 3 is 2.55 bits per heavy atom. The van der Waals surface area contributed by atoms with Crippen LogP contribution >= 0.6 is 15.9 Å². The van der Waals surface area contributed by atoms with E-state index in [1.54, 1.807) is 44.5 Å². The summed E-state index contributed by atoms with van der Waals surface area (Å²) in [7, 11) is 4.82. The van der Waals surface area contributed by atoms with Crippen molar-refractivity contribution in [2.45, 2.75) is 13.0 Å². The van der Waals surface area contributed by atoms with Crippen LogP contribution in [0, 0.1) is 0 Å². The minimum absolute atomic E-state index is 0.249. The molecule has 0 saturated carbocycles. The van der Waals surface area contributed by atoms with Gasteiger partial charge >= 0.3 is 0 Å². The molecule has 2 aromatic carbocycles. The highest BCUT2D eigenvalue weighted by atomic mass is 79.9. The Kier molecular flexibility index (Phi) is 7.72. The molecule has 8 heteroatoms. The Labute approximate surface area is 189 Å². The predicted molar refractivity (Wildman–Crippen MR) is 124 cm³/mol. The third-order valence-corrected chi connectivity index (χ3v) is 5.08. The number of halogens is 1. The molecule has 31 heavy (non-hydrogen) atoms. The summed E-state index contributed by atoms with van der Waals surface area (Å²) >= 11 is 3.42. The van der Waals surface area contributed by atoms with Gasteiger partial charge in [0.2, 0.25) is 5.91 Å². The molecule has 0 unspecified atom stereocenters. The number of hydrogen-bond donors (Lipinski definition) is 1. The van der Waals surface area contributed by atoms with Crippen molar-refractivity contribution in [1.82, 2.24) is 9.78 Å². The summed E-state index contributed by atoms with van der Waals surface area (Å²) in [4.78, 5) is 12.3. The lowest BCUT2D eigenvalue weighted by Gasteiger charge is -2.09. The van der Waals surface area contributed by atoms with E-state index < -0.39 is 0 Å². The Bertz CT molecular complexity index is 1080. The van der Waals surface area contributed by atoms with E-state index in [-0.39, 0.29) is 5.91 Å². The zero-order valence-electron chi connectivity index (χ0n) is 17.6. The Morgan fingerprint density at radius 1 is 1.06 bits per heavy atom. The maximum Gasteiger partial charge on any atom is 0.248 e. The van der Waals surface area contributed by atoms with Crippen LogP contribution in [0.1, 0.15) is 11.1 Å². The second kappa shape index (κ2) is 10.7. The number of carbonyl (C=O) groups excluding carboxylic acids is 1. The number of aromatic nitrogens is 2. The van der Waals surface area contributed by atoms with Gasteiger partial charge in [-0.25, -0.2) is 0 Å². The first kappa shape index (κ1) is 22.4. The van der Waals surface area contributed by atoms with Gasteiger partial charge in [-0.15, -0.1) is 0 Å². The average molecular weight is 486 g/mol. The number of nitrogens with one attached hydrogen (secondary N) is 1. The number of rotatable bonds is 9. The highest BCUT2D eigenvalue weighted by Crippen LogP contribution is 2.28.